The van der Waals surface area contributed by atoms with Gasteiger partial charge < -0.3 is 19.9 Å². The van der Waals surface area contributed by atoms with Crippen molar-refractivity contribution in [3.63, 3.8) is 0 Å². The molecule has 2 saturated heterocycles. The first-order valence-corrected chi connectivity index (χ1v) is 12.9. The van der Waals surface area contributed by atoms with Gasteiger partial charge in [0.25, 0.3) is 0 Å². The second kappa shape index (κ2) is 10.7. The Labute approximate surface area is 213 Å². The SMILES string of the molecule is CC(C)(C)OC(=O)N1CCC(NC(=O)CN2CCCC(c3ccccc3)(c3ccccc3)C2=O)CC1. The number of piperidine rings is 2. The first kappa shape index (κ1) is 25.7. The second-order valence-corrected chi connectivity index (χ2v) is 10.8. The summed E-state index contributed by atoms with van der Waals surface area (Å²) in [5, 5.41) is 3.09. The quantitative estimate of drug-likeness (QED) is 0.683. The molecule has 0 spiro atoms. The van der Waals surface area contributed by atoms with E-state index in [0.29, 0.717) is 38.9 Å². The topological polar surface area (TPSA) is 79.0 Å². The van der Waals surface area contributed by atoms with E-state index in [1.165, 1.54) is 0 Å². The predicted octanol–water partition coefficient (Wildman–Crippen LogP) is 4.11. The fourth-order valence-electron chi connectivity index (χ4n) is 5.29. The molecule has 2 heterocycles. The van der Waals surface area contributed by atoms with E-state index in [4.69, 9.17) is 4.74 Å². The lowest BCUT2D eigenvalue weighted by Gasteiger charge is -2.42. The summed E-state index contributed by atoms with van der Waals surface area (Å²) >= 11 is 0. The van der Waals surface area contributed by atoms with E-state index in [9.17, 15) is 14.4 Å². The number of likely N-dealkylation sites (tertiary alicyclic amines) is 2. The molecule has 0 atom stereocenters. The molecule has 7 heteroatoms. The maximum Gasteiger partial charge on any atom is 0.410 e. The molecule has 0 saturated carbocycles. The molecule has 0 bridgehead atoms. The lowest BCUT2D eigenvalue weighted by atomic mass is 9.68. The van der Waals surface area contributed by atoms with Gasteiger partial charge in [0.15, 0.2) is 0 Å². The van der Waals surface area contributed by atoms with Gasteiger partial charge in [0, 0.05) is 25.7 Å². The summed E-state index contributed by atoms with van der Waals surface area (Å²) in [5.41, 5.74) is 0.596. The molecule has 0 aliphatic carbocycles. The highest BCUT2D eigenvalue weighted by Crippen LogP contribution is 2.41. The average molecular weight is 492 g/mol. The molecule has 7 nitrogen and oxygen atoms in total. The number of benzene rings is 2. The first-order valence-electron chi connectivity index (χ1n) is 12.9. The third-order valence-electron chi connectivity index (χ3n) is 7.01. The number of hydrogen-bond donors (Lipinski definition) is 1. The van der Waals surface area contributed by atoms with Gasteiger partial charge in [0.2, 0.25) is 11.8 Å². The maximum atomic E-state index is 14.0. The van der Waals surface area contributed by atoms with Crippen LogP contribution >= 0.6 is 0 Å². The number of amides is 3. The van der Waals surface area contributed by atoms with Gasteiger partial charge >= 0.3 is 6.09 Å². The molecule has 4 rings (SSSR count). The lowest BCUT2D eigenvalue weighted by Crippen LogP contribution is -2.55. The third-order valence-corrected chi connectivity index (χ3v) is 7.01. The molecule has 2 aliphatic rings. The van der Waals surface area contributed by atoms with Crippen LogP contribution in [0.15, 0.2) is 60.7 Å². The molecule has 192 valence electrons. The van der Waals surface area contributed by atoms with Gasteiger partial charge in [0.05, 0.1) is 12.0 Å². The molecule has 0 aromatic heterocycles. The normalized spacial score (nSPS) is 18.6. The molecule has 2 aromatic rings. The van der Waals surface area contributed by atoms with E-state index in [1.54, 1.807) is 9.80 Å². The van der Waals surface area contributed by atoms with Crippen LogP contribution in [0, 0.1) is 0 Å². The minimum absolute atomic E-state index is 0.0240. The van der Waals surface area contributed by atoms with Gasteiger partial charge in [-0.05, 0) is 57.6 Å². The zero-order chi connectivity index (χ0) is 25.8. The van der Waals surface area contributed by atoms with Crippen molar-refractivity contribution >= 4 is 17.9 Å². The molecule has 1 N–H and O–H groups in total. The van der Waals surface area contributed by atoms with Crippen LogP contribution in [0.4, 0.5) is 4.79 Å². The minimum Gasteiger partial charge on any atom is -0.444 e. The first-order chi connectivity index (χ1) is 17.2. The Balaban J connectivity index is 1.40. The van der Waals surface area contributed by atoms with E-state index in [-0.39, 0.29) is 30.5 Å². The Morgan fingerprint density at radius 1 is 0.944 bits per heavy atom. The highest BCUT2D eigenvalue weighted by molar-refractivity contribution is 5.95. The van der Waals surface area contributed by atoms with Crippen molar-refractivity contribution in [3.05, 3.63) is 71.8 Å². The van der Waals surface area contributed by atoms with Crippen molar-refractivity contribution in [2.45, 2.75) is 63.5 Å². The molecular formula is C29H37N3O4. The van der Waals surface area contributed by atoms with Crippen LogP contribution in [0.3, 0.4) is 0 Å². The molecule has 3 amide bonds. The van der Waals surface area contributed by atoms with Crippen LogP contribution in [-0.2, 0) is 19.7 Å². The fraction of sp³-hybridized carbons (Fsp3) is 0.483. The Morgan fingerprint density at radius 3 is 2.03 bits per heavy atom. The lowest BCUT2D eigenvalue weighted by molar-refractivity contribution is -0.142. The smallest absolute Gasteiger partial charge is 0.410 e. The molecule has 2 aromatic carbocycles. The summed E-state index contributed by atoms with van der Waals surface area (Å²) in [4.78, 5) is 42.7. The number of nitrogens with zero attached hydrogens (tertiary/aromatic N) is 2. The van der Waals surface area contributed by atoms with Crippen LogP contribution < -0.4 is 5.32 Å². The van der Waals surface area contributed by atoms with E-state index in [2.05, 4.69) is 5.32 Å². The van der Waals surface area contributed by atoms with Crippen molar-refractivity contribution in [2.24, 2.45) is 0 Å². The van der Waals surface area contributed by atoms with Gasteiger partial charge in [0.1, 0.15) is 5.60 Å². The summed E-state index contributed by atoms with van der Waals surface area (Å²) in [6.07, 6.45) is 2.54. The highest BCUT2D eigenvalue weighted by atomic mass is 16.6. The molecular weight excluding hydrogens is 454 g/mol. The van der Waals surface area contributed by atoms with Crippen LogP contribution in [0.2, 0.25) is 0 Å². The number of carbonyl (C=O) groups excluding carboxylic acids is 3. The van der Waals surface area contributed by atoms with E-state index in [0.717, 1.165) is 17.5 Å². The number of hydrogen-bond acceptors (Lipinski definition) is 4. The maximum absolute atomic E-state index is 14.0. The van der Waals surface area contributed by atoms with Crippen LogP contribution in [-0.4, -0.2) is 65.5 Å². The number of rotatable bonds is 5. The zero-order valence-electron chi connectivity index (χ0n) is 21.5. The summed E-state index contributed by atoms with van der Waals surface area (Å²) in [5.74, 6) is -0.183. The monoisotopic (exact) mass is 491 g/mol. The Kier molecular flexibility index (Phi) is 7.67. The van der Waals surface area contributed by atoms with Gasteiger partial charge in [-0.15, -0.1) is 0 Å². The van der Waals surface area contributed by atoms with Crippen molar-refractivity contribution in [2.75, 3.05) is 26.2 Å². The molecule has 0 unspecified atom stereocenters. The second-order valence-electron chi connectivity index (χ2n) is 10.8. The Hall–Kier alpha value is -3.35. The number of carbonyl (C=O) groups is 3. The predicted molar refractivity (Wildman–Crippen MR) is 138 cm³/mol. The van der Waals surface area contributed by atoms with Crippen molar-refractivity contribution in [1.29, 1.82) is 0 Å². The Morgan fingerprint density at radius 2 is 1.50 bits per heavy atom. The van der Waals surface area contributed by atoms with Gasteiger partial charge in [-0.1, -0.05) is 60.7 Å². The van der Waals surface area contributed by atoms with Crippen molar-refractivity contribution in [1.82, 2.24) is 15.1 Å². The van der Waals surface area contributed by atoms with E-state index >= 15 is 0 Å². The molecule has 2 aliphatic heterocycles. The summed E-state index contributed by atoms with van der Waals surface area (Å²) < 4.78 is 5.45. The summed E-state index contributed by atoms with van der Waals surface area (Å²) in [7, 11) is 0. The van der Waals surface area contributed by atoms with E-state index in [1.807, 2.05) is 81.4 Å². The number of nitrogens with one attached hydrogen (secondary N) is 1. The fourth-order valence-corrected chi connectivity index (χ4v) is 5.29. The Bertz CT molecular complexity index is 1020. The zero-order valence-corrected chi connectivity index (χ0v) is 21.5. The van der Waals surface area contributed by atoms with Crippen LogP contribution in [0.1, 0.15) is 57.6 Å². The summed E-state index contributed by atoms with van der Waals surface area (Å²) in [6, 6.07) is 19.8. The standard InChI is InChI=1S/C29H37N3O4/c1-28(2,3)36-27(35)31-19-15-24(16-20-31)30-25(33)21-32-18-10-17-29(26(32)34,22-11-6-4-7-12-22)23-13-8-5-9-14-23/h4-9,11-14,24H,10,15-21H2,1-3H3,(H,30,33). The van der Waals surface area contributed by atoms with Crippen LogP contribution in [0.25, 0.3) is 0 Å². The van der Waals surface area contributed by atoms with Gasteiger partial charge in [-0.25, -0.2) is 4.79 Å². The highest BCUT2D eigenvalue weighted by Gasteiger charge is 2.47. The largest absolute Gasteiger partial charge is 0.444 e. The van der Waals surface area contributed by atoms with E-state index < -0.39 is 11.0 Å². The third kappa shape index (κ3) is 5.72. The summed E-state index contributed by atoms with van der Waals surface area (Å²) in [6.45, 7) is 7.22. The average Bonchev–Trinajstić information content (AvgIpc) is 2.86. The molecule has 2 fully saturated rings. The van der Waals surface area contributed by atoms with Crippen molar-refractivity contribution < 1.29 is 19.1 Å². The molecule has 36 heavy (non-hydrogen) atoms. The minimum atomic E-state index is -0.792. The van der Waals surface area contributed by atoms with Crippen molar-refractivity contribution in [3.8, 4) is 0 Å². The van der Waals surface area contributed by atoms with Gasteiger partial charge in [-0.3, -0.25) is 9.59 Å². The van der Waals surface area contributed by atoms with Gasteiger partial charge in [-0.2, -0.15) is 0 Å². The van der Waals surface area contributed by atoms with Crippen LogP contribution in [0.5, 0.6) is 0 Å². The number of ether oxygens (including phenoxy) is 1. The molecule has 0 radical (unpaired) electrons.